The molecule has 1 aromatic heterocycles. The van der Waals surface area contributed by atoms with Gasteiger partial charge in [0.05, 0.1) is 12.3 Å². The summed E-state index contributed by atoms with van der Waals surface area (Å²) in [6.45, 7) is 4.95. The summed E-state index contributed by atoms with van der Waals surface area (Å²) in [5.74, 6) is -0.401. The first-order valence-corrected chi connectivity index (χ1v) is 5.88. The summed E-state index contributed by atoms with van der Waals surface area (Å²) < 4.78 is 1.77. The van der Waals surface area contributed by atoms with Crippen LogP contribution in [0.4, 0.5) is 0 Å². The standard InChI is InChI=1S/C12H18N2O3/c1-8(2)6-14-7-9(5-13-14)12(11(16)17)3-10(15)4-12/h5,7-8,10,15H,3-4,6H2,1-2H3,(H,16,17). The maximum absolute atomic E-state index is 11.3. The van der Waals surface area contributed by atoms with Gasteiger partial charge in [0, 0.05) is 18.3 Å². The van der Waals surface area contributed by atoms with Gasteiger partial charge < -0.3 is 10.2 Å². The Hall–Kier alpha value is -1.36. The van der Waals surface area contributed by atoms with Crippen LogP contribution in [0.15, 0.2) is 12.4 Å². The molecule has 5 heteroatoms. The number of aromatic nitrogens is 2. The normalized spacial score (nSPS) is 28.1. The van der Waals surface area contributed by atoms with E-state index in [0.29, 0.717) is 11.5 Å². The van der Waals surface area contributed by atoms with E-state index in [0.717, 1.165) is 6.54 Å². The summed E-state index contributed by atoms with van der Waals surface area (Å²) in [4.78, 5) is 11.3. The Morgan fingerprint density at radius 3 is 2.76 bits per heavy atom. The summed E-state index contributed by atoms with van der Waals surface area (Å²) in [7, 11) is 0. The molecule has 5 nitrogen and oxygen atoms in total. The van der Waals surface area contributed by atoms with Crippen LogP contribution >= 0.6 is 0 Å². The van der Waals surface area contributed by atoms with Crippen molar-refractivity contribution in [3.63, 3.8) is 0 Å². The summed E-state index contributed by atoms with van der Waals surface area (Å²) in [6, 6.07) is 0. The van der Waals surface area contributed by atoms with Crippen molar-refractivity contribution in [1.29, 1.82) is 0 Å². The van der Waals surface area contributed by atoms with Crippen molar-refractivity contribution >= 4 is 5.97 Å². The number of rotatable bonds is 4. The molecule has 0 aromatic carbocycles. The molecule has 1 heterocycles. The number of hydrogen-bond acceptors (Lipinski definition) is 3. The highest BCUT2D eigenvalue weighted by molar-refractivity contribution is 5.82. The number of nitrogens with zero attached hydrogens (tertiary/aromatic N) is 2. The summed E-state index contributed by atoms with van der Waals surface area (Å²) in [5.41, 5.74) is -0.217. The first-order valence-electron chi connectivity index (χ1n) is 5.88. The van der Waals surface area contributed by atoms with Crippen LogP contribution in [0.3, 0.4) is 0 Å². The van der Waals surface area contributed by atoms with Gasteiger partial charge in [-0.25, -0.2) is 0 Å². The lowest BCUT2D eigenvalue weighted by Gasteiger charge is -2.41. The lowest BCUT2D eigenvalue weighted by Crippen LogP contribution is -2.50. The predicted octanol–water partition coefficient (Wildman–Crippen LogP) is 1.02. The molecule has 0 atom stereocenters. The van der Waals surface area contributed by atoms with E-state index in [1.807, 2.05) is 0 Å². The number of aliphatic hydroxyl groups is 1. The van der Waals surface area contributed by atoms with Crippen LogP contribution in [0.25, 0.3) is 0 Å². The average Bonchev–Trinajstić information content (AvgIpc) is 2.59. The molecule has 0 radical (unpaired) electrons. The van der Waals surface area contributed by atoms with Crippen molar-refractivity contribution in [3.05, 3.63) is 18.0 Å². The zero-order valence-electron chi connectivity index (χ0n) is 10.1. The Morgan fingerprint density at radius 2 is 2.29 bits per heavy atom. The molecule has 1 saturated carbocycles. The number of hydrogen-bond donors (Lipinski definition) is 2. The maximum Gasteiger partial charge on any atom is 0.314 e. The van der Waals surface area contributed by atoms with Crippen molar-refractivity contribution in [2.75, 3.05) is 0 Å². The third-order valence-corrected chi connectivity index (χ3v) is 3.32. The maximum atomic E-state index is 11.3. The van der Waals surface area contributed by atoms with Gasteiger partial charge in [0.25, 0.3) is 0 Å². The topological polar surface area (TPSA) is 75.4 Å². The summed E-state index contributed by atoms with van der Waals surface area (Å²) in [5, 5.41) is 22.8. The van der Waals surface area contributed by atoms with Gasteiger partial charge in [-0.3, -0.25) is 9.48 Å². The molecule has 0 aliphatic heterocycles. The quantitative estimate of drug-likeness (QED) is 0.821. The predicted molar refractivity (Wildman–Crippen MR) is 61.6 cm³/mol. The molecule has 1 fully saturated rings. The number of carboxylic acids is 1. The summed E-state index contributed by atoms with van der Waals surface area (Å²) >= 11 is 0. The summed E-state index contributed by atoms with van der Waals surface area (Å²) in [6.07, 6.45) is 3.48. The minimum Gasteiger partial charge on any atom is -0.481 e. The second-order valence-corrected chi connectivity index (χ2v) is 5.29. The van der Waals surface area contributed by atoms with Gasteiger partial charge in [0.2, 0.25) is 0 Å². The van der Waals surface area contributed by atoms with E-state index >= 15 is 0 Å². The Kier molecular flexibility index (Phi) is 2.95. The highest BCUT2D eigenvalue weighted by Gasteiger charge is 2.52. The van der Waals surface area contributed by atoms with Gasteiger partial charge in [-0.1, -0.05) is 13.8 Å². The van der Waals surface area contributed by atoms with Crippen molar-refractivity contribution in [2.45, 2.75) is 44.8 Å². The van der Waals surface area contributed by atoms with Crippen molar-refractivity contribution in [3.8, 4) is 0 Å². The monoisotopic (exact) mass is 238 g/mol. The van der Waals surface area contributed by atoms with Crippen LogP contribution in [-0.2, 0) is 16.8 Å². The molecule has 1 aliphatic rings. The van der Waals surface area contributed by atoms with Gasteiger partial charge in [-0.15, -0.1) is 0 Å². The molecule has 0 amide bonds. The molecular formula is C12H18N2O3. The minimum absolute atomic E-state index is 0.287. The van der Waals surface area contributed by atoms with Crippen LogP contribution in [0.1, 0.15) is 32.3 Å². The average molecular weight is 238 g/mol. The van der Waals surface area contributed by atoms with Crippen molar-refractivity contribution < 1.29 is 15.0 Å². The van der Waals surface area contributed by atoms with E-state index in [-0.39, 0.29) is 12.8 Å². The minimum atomic E-state index is -0.922. The fourth-order valence-corrected chi connectivity index (χ4v) is 2.36. The van der Waals surface area contributed by atoms with Gasteiger partial charge in [-0.05, 0) is 18.8 Å². The Balaban J connectivity index is 2.21. The molecule has 1 aliphatic carbocycles. The van der Waals surface area contributed by atoms with Crippen LogP contribution in [0, 0.1) is 5.92 Å². The van der Waals surface area contributed by atoms with Crippen LogP contribution in [0.2, 0.25) is 0 Å². The van der Waals surface area contributed by atoms with E-state index in [1.54, 1.807) is 17.1 Å². The second kappa shape index (κ2) is 4.14. The lowest BCUT2D eigenvalue weighted by molar-refractivity contribution is -0.152. The van der Waals surface area contributed by atoms with E-state index < -0.39 is 17.5 Å². The molecule has 0 unspecified atom stereocenters. The van der Waals surface area contributed by atoms with E-state index in [4.69, 9.17) is 0 Å². The molecule has 2 N–H and O–H groups in total. The van der Waals surface area contributed by atoms with Gasteiger partial charge in [-0.2, -0.15) is 5.10 Å². The second-order valence-electron chi connectivity index (χ2n) is 5.29. The van der Waals surface area contributed by atoms with E-state index in [2.05, 4.69) is 18.9 Å². The third-order valence-electron chi connectivity index (χ3n) is 3.32. The zero-order valence-corrected chi connectivity index (χ0v) is 10.1. The van der Waals surface area contributed by atoms with Gasteiger partial charge >= 0.3 is 5.97 Å². The molecular weight excluding hydrogens is 220 g/mol. The highest BCUT2D eigenvalue weighted by Crippen LogP contribution is 2.44. The molecule has 0 spiro atoms. The Morgan fingerprint density at radius 1 is 1.65 bits per heavy atom. The first-order chi connectivity index (χ1) is 7.94. The number of carbonyl (C=O) groups is 1. The number of aliphatic carboxylic acids is 1. The molecule has 2 rings (SSSR count). The first kappa shape index (κ1) is 12.1. The molecule has 0 bridgehead atoms. The number of carboxylic acid groups (broad SMARTS) is 1. The zero-order chi connectivity index (χ0) is 12.6. The van der Waals surface area contributed by atoms with Crippen LogP contribution in [0.5, 0.6) is 0 Å². The van der Waals surface area contributed by atoms with Crippen molar-refractivity contribution in [2.24, 2.45) is 5.92 Å². The SMILES string of the molecule is CC(C)Cn1cc(C2(C(=O)O)CC(O)C2)cn1. The van der Waals surface area contributed by atoms with Crippen LogP contribution < -0.4 is 0 Å². The molecule has 0 saturated heterocycles. The smallest absolute Gasteiger partial charge is 0.314 e. The largest absolute Gasteiger partial charge is 0.481 e. The molecule has 94 valence electrons. The molecule has 1 aromatic rings. The fourth-order valence-electron chi connectivity index (χ4n) is 2.36. The Labute approximate surface area is 100 Å². The van der Waals surface area contributed by atoms with Gasteiger partial charge in [0.15, 0.2) is 0 Å². The highest BCUT2D eigenvalue weighted by atomic mass is 16.4. The van der Waals surface area contributed by atoms with Gasteiger partial charge in [0.1, 0.15) is 5.41 Å². The Bertz CT molecular complexity index is 419. The molecule has 17 heavy (non-hydrogen) atoms. The van der Waals surface area contributed by atoms with E-state index in [1.165, 1.54) is 0 Å². The fraction of sp³-hybridized carbons (Fsp3) is 0.667. The number of aliphatic hydroxyl groups excluding tert-OH is 1. The van der Waals surface area contributed by atoms with Crippen LogP contribution in [-0.4, -0.2) is 32.1 Å². The third kappa shape index (κ3) is 2.07. The lowest BCUT2D eigenvalue weighted by atomic mass is 9.63. The van der Waals surface area contributed by atoms with Crippen molar-refractivity contribution in [1.82, 2.24) is 9.78 Å². The van der Waals surface area contributed by atoms with E-state index in [9.17, 15) is 15.0 Å².